The van der Waals surface area contributed by atoms with Crippen molar-refractivity contribution in [3.8, 4) is 0 Å². The molecule has 0 atom stereocenters. The summed E-state index contributed by atoms with van der Waals surface area (Å²) in [7, 11) is 0. The van der Waals surface area contributed by atoms with Crippen molar-refractivity contribution in [1.82, 2.24) is 4.90 Å². The second-order valence-electron chi connectivity index (χ2n) is 2.18. The standard InChI is InChI=1S/C5H7Cl2F2NS/c1-3(2)10(4(8)11)5(6,7)9/h3H,1-2H3. The predicted octanol–water partition coefficient (Wildman–Crippen LogP) is 3.01. The van der Waals surface area contributed by atoms with Crippen LogP contribution in [0.15, 0.2) is 0 Å². The Morgan fingerprint density at radius 3 is 1.91 bits per heavy atom. The van der Waals surface area contributed by atoms with Crippen LogP contribution in [0.1, 0.15) is 13.8 Å². The van der Waals surface area contributed by atoms with Crippen molar-refractivity contribution in [3.63, 3.8) is 0 Å². The molecule has 0 amide bonds. The van der Waals surface area contributed by atoms with Crippen LogP contribution in [0.5, 0.6) is 0 Å². The maximum absolute atomic E-state index is 12.7. The zero-order valence-corrected chi connectivity index (χ0v) is 8.27. The van der Waals surface area contributed by atoms with Crippen molar-refractivity contribution in [1.29, 1.82) is 0 Å². The van der Waals surface area contributed by atoms with Gasteiger partial charge in [0.1, 0.15) is 0 Å². The van der Waals surface area contributed by atoms with Gasteiger partial charge in [0.25, 0.3) is 5.24 Å². The van der Waals surface area contributed by atoms with Gasteiger partial charge in [-0.2, -0.15) is 8.78 Å². The molecule has 0 saturated carbocycles. The molecule has 0 aromatic heterocycles. The van der Waals surface area contributed by atoms with Gasteiger partial charge in [-0.25, -0.2) is 0 Å². The highest BCUT2D eigenvalue weighted by molar-refractivity contribution is 7.79. The van der Waals surface area contributed by atoms with Crippen LogP contribution in [0.3, 0.4) is 0 Å². The summed E-state index contributed by atoms with van der Waals surface area (Å²) in [5.74, 6) is 0. The molecule has 0 N–H and O–H groups in total. The minimum atomic E-state index is -2.78. The number of thiocarbonyl (C=S) groups is 1. The third-order valence-corrected chi connectivity index (χ3v) is 1.54. The molecular formula is C5H7Cl2F2NS. The lowest BCUT2D eigenvalue weighted by Gasteiger charge is -2.29. The summed E-state index contributed by atoms with van der Waals surface area (Å²) in [4.78, 5) is 0.450. The summed E-state index contributed by atoms with van der Waals surface area (Å²) in [6.45, 7) is 3.04. The van der Waals surface area contributed by atoms with Crippen LogP contribution in [-0.4, -0.2) is 20.9 Å². The van der Waals surface area contributed by atoms with Gasteiger partial charge in [-0.05, 0) is 49.3 Å². The maximum atomic E-state index is 12.7. The lowest BCUT2D eigenvalue weighted by atomic mass is 10.4. The molecule has 0 unspecified atom stereocenters. The van der Waals surface area contributed by atoms with E-state index in [1.54, 1.807) is 0 Å². The summed E-state index contributed by atoms with van der Waals surface area (Å²) in [5.41, 5.74) is 0. The van der Waals surface area contributed by atoms with Gasteiger partial charge in [0.2, 0.25) is 0 Å². The van der Waals surface area contributed by atoms with Crippen molar-refractivity contribution < 1.29 is 8.78 Å². The molecule has 0 bridgehead atoms. The minimum absolute atomic E-state index is 0.450. The number of alkyl halides is 3. The highest BCUT2D eigenvalue weighted by Gasteiger charge is 2.36. The van der Waals surface area contributed by atoms with Gasteiger partial charge in [-0.3, -0.25) is 4.90 Å². The maximum Gasteiger partial charge on any atom is 0.339 e. The van der Waals surface area contributed by atoms with Crippen molar-refractivity contribution in [2.45, 2.75) is 24.6 Å². The SMILES string of the molecule is CC(C)N(C(F)=S)C(F)(Cl)Cl. The largest absolute Gasteiger partial charge is 0.339 e. The molecule has 0 aliphatic carbocycles. The molecule has 1 nitrogen and oxygen atoms in total. The van der Waals surface area contributed by atoms with E-state index in [2.05, 4.69) is 12.2 Å². The zero-order valence-electron chi connectivity index (χ0n) is 5.94. The van der Waals surface area contributed by atoms with E-state index < -0.39 is 16.0 Å². The van der Waals surface area contributed by atoms with Crippen molar-refractivity contribution in [2.24, 2.45) is 0 Å². The predicted molar refractivity (Wildman–Crippen MR) is 46.2 cm³/mol. The number of hydrogen-bond acceptors (Lipinski definition) is 1. The smallest absolute Gasteiger partial charge is 0.278 e. The van der Waals surface area contributed by atoms with Crippen molar-refractivity contribution >= 4 is 40.7 Å². The summed E-state index contributed by atoms with van der Waals surface area (Å²) in [5, 5.41) is -1.16. The number of nitrogens with zero attached hydrogens (tertiary/aromatic N) is 1. The summed E-state index contributed by atoms with van der Waals surface area (Å²) in [6.07, 6.45) is 0. The van der Waals surface area contributed by atoms with Crippen LogP contribution in [0, 0.1) is 0 Å². The van der Waals surface area contributed by atoms with Gasteiger partial charge >= 0.3 is 4.71 Å². The first-order valence-corrected chi connectivity index (χ1v) is 3.98. The molecule has 0 spiro atoms. The third kappa shape index (κ3) is 3.49. The monoisotopic (exact) mass is 221 g/mol. The van der Waals surface area contributed by atoms with Gasteiger partial charge in [-0.1, -0.05) is 0 Å². The molecule has 66 valence electrons. The Bertz CT molecular complexity index is 157. The highest BCUT2D eigenvalue weighted by Crippen LogP contribution is 2.30. The first-order chi connectivity index (χ1) is 4.76. The molecule has 0 fully saturated rings. The van der Waals surface area contributed by atoms with E-state index in [0.717, 1.165) is 0 Å². The first kappa shape index (κ1) is 11.3. The Labute approximate surface area is 79.3 Å². The second-order valence-corrected chi connectivity index (χ2v) is 3.72. The third-order valence-electron chi connectivity index (χ3n) is 0.979. The summed E-state index contributed by atoms with van der Waals surface area (Å²) in [6, 6.07) is -0.521. The number of halogens is 4. The highest BCUT2D eigenvalue weighted by atomic mass is 35.5. The molecule has 0 aromatic carbocycles. The Morgan fingerprint density at radius 2 is 1.91 bits per heavy atom. The van der Waals surface area contributed by atoms with E-state index in [1.807, 2.05) is 0 Å². The minimum Gasteiger partial charge on any atom is -0.278 e. The summed E-state index contributed by atoms with van der Waals surface area (Å²) < 4.78 is 22.3. The average Bonchev–Trinajstić information content (AvgIpc) is 1.54. The van der Waals surface area contributed by atoms with Crippen molar-refractivity contribution in [3.05, 3.63) is 0 Å². The quantitative estimate of drug-likeness (QED) is 0.306. The Hall–Kier alpha value is 0.330. The Morgan fingerprint density at radius 1 is 1.55 bits per heavy atom. The normalized spacial score (nSPS) is 11.9. The summed E-state index contributed by atoms with van der Waals surface area (Å²) >= 11 is 14.1. The van der Waals surface area contributed by atoms with Gasteiger partial charge in [-0.15, -0.1) is 0 Å². The molecule has 0 aliphatic rings. The molecule has 0 heterocycles. The number of hydrogen-bond donors (Lipinski definition) is 0. The molecule has 11 heavy (non-hydrogen) atoms. The molecular weight excluding hydrogens is 215 g/mol. The zero-order chi connectivity index (χ0) is 9.23. The fourth-order valence-corrected chi connectivity index (χ4v) is 1.57. The van der Waals surface area contributed by atoms with E-state index in [1.165, 1.54) is 13.8 Å². The number of rotatable bonds is 2. The Balaban J connectivity index is 4.49. The van der Waals surface area contributed by atoms with Crippen LogP contribution in [0.4, 0.5) is 8.78 Å². The fourth-order valence-electron chi connectivity index (χ4n) is 0.595. The molecule has 0 saturated heterocycles. The van der Waals surface area contributed by atoms with Gasteiger partial charge < -0.3 is 0 Å². The molecule has 0 aliphatic heterocycles. The first-order valence-electron chi connectivity index (χ1n) is 2.82. The van der Waals surface area contributed by atoms with E-state index in [0.29, 0.717) is 4.90 Å². The Kier molecular flexibility index (Phi) is 3.94. The second kappa shape index (κ2) is 3.83. The van der Waals surface area contributed by atoms with E-state index in [9.17, 15) is 8.78 Å². The van der Waals surface area contributed by atoms with E-state index in [4.69, 9.17) is 23.2 Å². The van der Waals surface area contributed by atoms with Gasteiger partial charge in [0.15, 0.2) is 0 Å². The lowest BCUT2D eigenvalue weighted by Crippen LogP contribution is -2.43. The van der Waals surface area contributed by atoms with E-state index in [-0.39, 0.29) is 0 Å². The molecule has 0 rings (SSSR count). The van der Waals surface area contributed by atoms with Gasteiger partial charge in [0.05, 0.1) is 0 Å². The van der Waals surface area contributed by atoms with Crippen LogP contribution in [0.2, 0.25) is 0 Å². The van der Waals surface area contributed by atoms with Crippen molar-refractivity contribution in [2.75, 3.05) is 0 Å². The van der Waals surface area contributed by atoms with Crippen LogP contribution < -0.4 is 0 Å². The fraction of sp³-hybridized carbons (Fsp3) is 0.800. The lowest BCUT2D eigenvalue weighted by molar-refractivity contribution is 0.152. The van der Waals surface area contributed by atoms with Crippen LogP contribution in [-0.2, 0) is 0 Å². The van der Waals surface area contributed by atoms with Gasteiger partial charge in [0, 0.05) is 6.04 Å². The molecule has 0 aromatic rings. The van der Waals surface area contributed by atoms with Crippen LogP contribution >= 0.6 is 35.4 Å². The topological polar surface area (TPSA) is 3.24 Å². The molecule has 0 radical (unpaired) electrons. The molecule has 6 heteroatoms. The van der Waals surface area contributed by atoms with E-state index >= 15 is 0 Å². The van der Waals surface area contributed by atoms with Crippen LogP contribution in [0.25, 0.3) is 0 Å². The average molecular weight is 222 g/mol.